The number of fused-ring (bicyclic) bond motifs is 1. The first-order valence-electron chi connectivity index (χ1n) is 7.19. The fourth-order valence-electron chi connectivity index (χ4n) is 2.19. The Morgan fingerprint density at radius 3 is 2.41 bits per heavy atom. The van der Waals surface area contributed by atoms with Crippen molar-refractivity contribution in [3.63, 3.8) is 0 Å². The molecule has 5 nitrogen and oxygen atoms in total. The number of nitrogens with one attached hydrogen (secondary N) is 1. The summed E-state index contributed by atoms with van der Waals surface area (Å²) >= 11 is 0. The van der Waals surface area contributed by atoms with Gasteiger partial charge in [0.25, 0.3) is 0 Å². The summed E-state index contributed by atoms with van der Waals surface area (Å²) in [6.07, 6.45) is 0.211. The van der Waals surface area contributed by atoms with Gasteiger partial charge < -0.3 is 14.5 Å². The summed E-state index contributed by atoms with van der Waals surface area (Å²) in [7, 11) is 1.56. The number of benzene rings is 1. The van der Waals surface area contributed by atoms with Crippen LogP contribution in [0.2, 0.25) is 0 Å². The minimum atomic E-state index is -1.12. The van der Waals surface area contributed by atoms with E-state index in [2.05, 4.69) is 4.98 Å². The molecule has 1 unspecified atom stereocenters. The Hall–Kier alpha value is -2.30. The molecule has 1 aromatic carbocycles. The first kappa shape index (κ1) is 16.1. The Kier molecular flexibility index (Phi) is 4.00. The lowest BCUT2D eigenvalue weighted by atomic mass is 9.98. The van der Waals surface area contributed by atoms with Gasteiger partial charge in [-0.25, -0.2) is 4.79 Å². The van der Waals surface area contributed by atoms with Crippen LogP contribution in [0, 0.1) is 0 Å². The highest BCUT2D eigenvalue weighted by molar-refractivity contribution is 5.84. The van der Waals surface area contributed by atoms with Crippen molar-refractivity contribution >= 4 is 23.3 Å². The lowest BCUT2D eigenvalue weighted by Crippen LogP contribution is -2.48. The molecular weight excluding hydrogens is 280 g/mol. The van der Waals surface area contributed by atoms with Crippen LogP contribution in [0.5, 0.6) is 0 Å². The van der Waals surface area contributed by atoms with Gasteiger partial charge in [-0.2, -0.15) is 0 Å². The Morgan fingerprint density at radius 1 is 1.23 bits per heavy atom. The van der Waals surface area contributed by atoms with Gasteiger partial charge in [-0.15, -0.1) is 0 Å². The number of ether oxygens (including phenoxy) is 1. The predicted octanol–water partition coefficient (Wildman–Crippen LogP) is 3.45. The molecule has 0 saturated carbocycles. The number of aromatic amines is 1. The number of amides is 1. The number of nitrogens with zero attached hydrogens (tertiary/aromatic N) is 1. The molecule has 0 aliphatic rings. The van der Waals surface area contributed by atoms with Gasteiger partial charge in [-0.1, -0.05) is 18.2 Å². The average molecular weight is 302 g/mol. The molecule has 0 saturated heterocycles. The number of likely N-dealkylation sites (N-methyl/N-ethyl adjacent to an activating group) is 1. The zero-order valence-electron chi connectivity index (χ0n) is 13.6. The molecule has 0 aliphatic carbocycles. The zero-order chi connectivity index (χ0) is 16.5. The van der Waals surface area contributed by atoms with Crippen molar-refractivity contribution in [1.82, 2.24) is 9.88 Å². The van der Waals surface area contributed by atoms with E-state index in [9.17, 15) is 9.59 Å². The molecular formula is C17H22N2O3. The molecule has 0 spiro atoms. The Bertz CT molecular complexity index is 666. The summed E-state index contributed by atoms with van der Waals surface area (Å²) in [4.78, 5) is 28.6. The van der Waals surface area contributed by atoms with Gasteiger partial charge in [0.2, 0.25) is 0 Å². The maximum atomic E-state index is 12.3. The van der Waals surface area contributed by atoms with Gasteiger partial charge in [0, 0.05) is 18.3 Å². The van der Waals surface area contributed by atoms with E-state index < -0.39 is 17.2 Å². The Labute approximate surface area is 130 Å². The standard InChI is InChI=1S/C17H22N2O3/c1-16(2,3)22-15(21)19(5)17(4,11-20)14-10-12-8-6-7-9-13(12)18-14/h6-11,18H,1-5H3. The maximum Gasteiger partial charge on any atom is 0.411 e. The number of rotatable bonds is 3. The summed E-state index contributed by atoms with van der Waals surface area (Å²) in [5, 5.41) is 0.989. The quantitative estimate of drug-likeness (QED) is 0.883. The summed E-state index contributed by atoms with van der Waals surface area (Å²) in [6.45, 7) is 7.06. The number of aromatic nitrogens is 1. The molecule has 0 radical (unpaired) electrons. The van der Waals surface area contributed by atoms with Crippen molar-refractivity contribution in [1.29, 1.82) is 0 Å². The second-order valence-corrected chi connectivity index (χ2v) is 6.57. The molecule has 1 N–H and O–H groups in total. The minimum Gasteiger partial charge on any atom is -0.444 e. The van der Waals surface area contributed by atoms with E-state index in [1.165, 1.54) is 4.90 Å². The molecule has 1 amide bonds. The molecule has 118 valence electrons. The smallest absolute Gasteiger partial charge is 0.411 e. The zero-order valence-corrected chi connectivity index (χ0v) is 13.6. The van der Waals surface area contributed by atoms with E-state index in [4.69, 9.17) is 4.74 Å². The van der Waals surface area contributed by atoms with E-state index in [1.54, 1.807) is 34.7 Å². The van der Waals surface area contributed by atoms with Crippen LogP contribution in [-0.2, 0) is 15.1 Å². The maximum absolute atomic E-state index is 12.3. The van der Waals surface area contributed by atoms with E-state index >= 15 is 0 Å². The van der Waals surface area contributed by atoms with Crippen molar-refractivity contribution in [3.8, 4) is 0 Å². The normalized spacial score (nSPS) is 14.4. The fraction of sp³-hybridized carbons (Fsp3) is 0.412. The van der Waals surface area contributed by atoms with Crippen LogP contribution < -0.4 is 0 Å². The van der Waals surface area contributed by atoms with E-state index in [1.807, 2.05) is 30.3 Å². The van der Waals surface area contributed by atoms with Crippen molar-refractivity contribution in [3.05, 3.63) is 36.0 Å². The van der Waals surface area contributed by atoms with Gasteiger partial charge in [0.05, 0.1) is 0 Å². The number of aldehydes is 1. The number of carbonyl (C=O) groups excluding carboxylic acids is 2. The summed E-state index contributed by atoms with van der Waals surface area (Å²) < 4.78 is 5.36. The SMILES string of the molecule is CN(C(=O)OC(C)(C)C)C(C)(C=O)c1cc2ccccc2[nH]1. The summed E-state index contributed by atoms with van der Waals surface area (Å²) in [5.41, 5.74) is -0.169. The molecule has 1 heterocycles. The Morgan fingerprint density at radius 2 is 1.86 bits per heavy atom. The molecule has 0 fully saturated rings. The molecule has 0 bridgehead atoms. The summed E-state index contributed by atoms with van der Waals surface area (Å²) in [6, 6.07) is 9.60. The van der Waals surface area contributed by atoms with Crippen LogP contribution in [0.4, 0.5) is 4.79 Å². The second kappa shape index (κ2) is 5.48. The molecule has 2 rings (SSSR count). The first-order valence-corrected chi connectivity index (χ1v) is 7.19. The number of hydrogen-bond acceptors (Lipinski definition) is 3. The van der Waals surface area contributed by atoms with E-state index in [0.29, 0.717) is 5.69 Å². The second-order valence-electron chi connectivity index (χ2n) is 6.57. The van der Waals surface area contributed by atoms with Gasteiger partial charge in [-0.05, 0) is 45.2 Å². The van der Waals surface area contributed by atoms with Crippen LogP contribution >= 0.6 is 0 Å². The molecule has 1 atom stereocenters. The Balaban J connectivity index is 2.38. The van der Waals surface area contributed by atoms with E-state index in [0.717, 1.165) is 17.2 Å². The number of hydrogen-bond donors (Lipinski definition) is 1. The highest BCUT2D eigenvalue weighted by Crippen LogP contribution is 2.29. The minimum absolute atomic E-state index is 0.541. The third-order valence-corrected chi connectivity index (χ3v) is 3.67. The largest absolute Gasteiger partial charge is 0.444 e. The monoisotopic (exact) mass is 302 g/mol. The van der Waals surface area contributed by atoms with Crippen LogP contribution in [0.25, 0.3) is 10.9 Å². The number of para-hydroxylation sites is 1. The number of H-pyrrole nitrogens is 1. The van der Waals surface area contributed by atoms with Crippen LogP contribution in [0.1, 0.15) is 33.4 Å². The molecule has 1 aromatic heterocycles. The van der Waals surface area contributed by atoms with Gasteiger partial charge in [0.1, 0.15) is 11.1 Å². The molecule has 22 heavy (non-hydrogen) atoms. The van der Waals surface area contributed by atoms with E-state index in [-0.39, 0.29) is 0 Å². The third-order valence-electron chi connectivity index (χ3n) is 3.67. The molecule has 0 aliphatic heterocycles. The van der Waals surface area contributed by atoms with Gasteiger partial charge >= 0.3 is 6.09 Å². The first-order chi connectivity index (χ1) is 10.2. The van der Waals surface area contributed by atoms with Gasteiger partial charge in [-0.3, -0.25) is 4.90 Å². The molecule has 2 aromatic rings. The van der Waals surface area contributed by atoms with Crippen molar-refractivity contribution in [2.45, 2.75) is 38.8 Å². The topological polar surface area (TPSA) is 62.4 Å². The van der Waals surface area contributed by atoms with Crippen LogP contribution in [-0.4, -0.2) is 34.9 Å². The predicted molar refractivity (Wildman–Crippen MR) is 85.7 cm³/mol. The lowest BCUT2D eigenvalue weighted by molar-refractivity contribution is -0.117. The van der Waals surface area contributed by atoms with Crippen molar-refractivity contribution in [2.75, 3.05) is 7.05 Å². The van der Waals surface area contributed by atoms with Crippen LogP contribution in [0.3, 0.4) is 0 Å². The number of carbonyl (C=O) groups is 2. The lowest BCUT2D eigenvalue weighted by Gasteiger charge is -2.34. The third kappa shape index (κ3) is 2.98. The highest BCUT2D eigenvalue weighted by Gasteiger charge is 2.38. The van der Waals surface area contributed by atoms with Crippen molar-refractivity contribution in [2.24, 2.45) is 0 Å². The van der Waals surface area contributed by atoms with Crippen molar-refractivity contribution < 1.29 is 14.3 Å². The van der Waals surface area contributed by atoms with Gasteiger partial charge in [0.15, 0.2) is 6.29 Å². The average Bonchev–Trinajstić information content (AvgIpc) is 2.88. The fourth-order valence-corrected chi connectivity index (χ4v) is 2.19. The van der Waals surface area contributed by atoms with Crippen LogP contribution in [0.15, 0.2) is 30.3 Å². The molecule has 5 heteroatoms. The highest BCUT2D eigenvalue weighted by atomic mass is 16.6. The summed E-state index contributed by atoms with van der Waals surface area (Å²) in [5.74, 6) is 0.